The summed E-state index contributed by atoms with van der Waals surface area (Å²) in [5, 5.41) is 3.49. The second kappa shape index (κ2) is 7.58. The van der Waals surface area contributed by atoms with Gasteiger partial charge in [-0.1, -0.05) is 23.7 Å². The van der Waals surface area contributed by atoms with E-state index in [0.29, 0.717) is 18.0 Å². The van der Waals surface area contributed by atoms with E-state index in [0.717, 1.165) is 11.3 Å². The lowest BCUT2D eigenvalue weighted by molar-refractivity contribution is -0.122. The predicted octanol–water partition coefficient (Wildman–Crippen LogP) is 1.69. The molecule has 0 aliphatic carbocycles. The van der Waals surface area contributed by atoms with Crippen LogP contribution in [0.4, 0.5) is 0 Å². The van der Waals surface area contributed by atoms with Crippen LogP contribution >= 0.6 is 23.4 Å². The van der Waals surface area contributed by atoms with Gasteiger partial charge in [-0.25, -0.2) is 0 Å². The first-order valence-electron chi connectivity index (χ1n) is 5.40. The molecule has 1 rings (SSSR count). The number of rotatable bonds is 6. The normalized spacial score (nSPS) is 12.2. The molecule has 0 spiro atoms. The lowest BCUT2D eigenvalue weighted by atomic mass is 10.1. The molecule has 1 aromatic carbocycles. The van der Waals surface area contributed by atoms with Crippen LogP contribution in [0.1, 0.15) is 5.56 Å². The Morgan fingerprint density at radius 1 is 1.47 bits per heavy atom. The summed E-state index contributed by atoms with van der Waals surface area (Å²) in [7, 11) is 0. The smallest absolute Gasteiger partial charge is 0.237 e. The van der Waals surface area contributed by atoms with E-state index >= 15 is 0 Å². The van der Waals surface area contributed by atoms with E-state index in [1.165, 1.54) is 0 Å². The summed E-state index contributed by atoms with van der Waals surface area (Å²) in [5.41, 5.74) is 6.83. The number of halogens is 1. The first-order chi connectivity index (χ1) is 8.13. The van der Waals surface area contributed by atoms with E-state index in [-0.39, 0.29) is 5.91 Å². The van der Waals surface area contributed by atoms with Gasteiger partial charge in [-0.15, -0.1) is 0 Å². The Morgan fingerprint density at radius 3 is 2.71 bits per heavy atom. The molecule has 0 saturated heterocycles. The second-order valence-corrected chi connectivity index (χ2v) is 5.14. The lowest BCUT2D eigenvalue weighted by Crippen LogP contribution is -2.42. The largest absolute Gasteiger partial charge is 0.354 e. The second-order valence-electron chi connectivity index (χ2n) is 3.72. The van der Waals surface area contributed by atoms with Crippen molar-refractivity contribution in [3.8, 4) is 0 Å². The number of amides is 1. The van der Waals surface area contributed by atoms with Gasteiger partial charge in [0.1, 0.15) is 0 Å². The van der Waals surface area contributed by atoms with E-state index in [1.54, 1.807) is 23.9 Å². The molecule has 17 heavy (non-hydrogen) atoms. The van der Waals surface area contributed by atoms with Crippen LogP contribution in [0.2, 0.25) is 5.02 Å². The van der Waals surface area contributed by atoms with Crippen LogP contribution in [0.25, 0.3) is 0 Å². The Bertz CT molecular complexity index is 356. The number of thioether (sulfide) groups is 1. The minimum Gasteiger partial charge on any atom is -0.354 e. The Balaban J connectivity index is 2.40. The zero-order valence-electron chi connectivity index (χ0n) is 9.78. The number of hydrogen-bond acceptors (Lipinski definition) is 3. The Morgan fingerprint density at radius 2 is 2.12 bits per heavy atom. The molecule has 5 heteroatoms. The van der Waals surface area contributed by atoms with Crippen LogP contribution in [-0.4, -0.2) is 30.5 Å². The van der Waals surface area contributed by atoms with Crippen LogP contribution in [-0.2, 0) is 11.2 Å². The highest BCUT2D eigenvalue weighted by Gasteiger charge is 2.13. The fraction of sp³-hybridized carbons (Fsp3) is 0.417. The minimum absolute atomic E-state index is 0.103. The third-order valence-corrected chi connectivity index (χ3v) is 3.18. The number of carbonyl (C=O) groups excluding carboxylic acids is 1. The fourth-order valence-electron chi connectivity index (χ4n) is 1.37. The summed E-state index contributed by atoms with van der Waals surface area (Å²) < 4.78 is 0. The number of nitrogens with one attached hydrogen (secondary N) is 1. The van der Waals surface area contributed by atoms with Crippen LogP contribution in [0.3, 0.4) is 0 Å². The van der Waals surface area contributed by atoms with Gasteiger partial charge in [0.25, 0.3) is 0 Å². The first kappa shape index (κ1) is 14.4. The van der Waals surface area contributed by atoms with E-state index in [1.807, 2.05) is 18.4 Å². The van der Waals surface area contributed by atoms with Crippen LogP contribution < -0.4 is 11.1 Å². The summed E-state index contributed by atoms with van der Waals surface area (Å²) >= 11 is 7.47. The van der Waals surface area contributed by atoms with Gasteiger partial charge in [-0.2, -0.15) is 11.8 Å². The molecule has 0 bridgehead atoms. The zero-order valence-corrected chi connectivity index (χ0v) is 11.4. The van der Waals surface area contributed by atoms with Gasteiger partial charge in [-0.3, -0.25) is 4.79 Å². The molecule has 3 N–H and O–H groups in total. The first-order valence-corrected chi connectivity index (χ1v) is 7.17. The Labute approximate surface area is 111 Å². The Kier molecular flexibility index (Phi) is 6.40. The summed E-state index contributed by atoms with van der Waals surface area (Å²) in [6.07, 6.45) is 2.53. The fourth-order valence-corrected chi connectivity index (χ4v) is 1.81. The molecule has 0 aliphatic rings. The summed E-state index contributed by atoms with van der Waals surface area (Å²) in [4.78, 5) is 11.6. The molecular weight excluding hydrogens is 256 g/mol. The monoisotopic (exact) mass is 272 g/mol. The van der Waals surface area contributed by atoms with Crippen molar-refractivity contribution in [2.24, 2.45) is 5.73 Å². The lowest BCUT2D eigenvalue weighted by Gasteiger charge is -2.12. The van der Waals surface area contributed by atoms with Crippen LogP contribution in [0.5, 0.6) is 0 Å². The van der Waals surface area contributed by atoms with Crippen molar-refractivity contribution in [1.82, 2.24) is 5.32 Å². The van der Waals surface area contributed by atoms with Crippen molar-refractivity contribution in [3.63, 3.8) is 0 Å². The molecule has 0 aromatic heterocycles. The standard InChI is InChI=1S/C12H17ClN2OS/c1-17-7-6-15-12(16)11(14)8-9-2-4-10(13)5-3-9/h2-5,11H,6-8,14H2,1H3,(H,15,16). The van der Waals surface area contributed by atoms with Gasteiger partial charge in [0.2, 0.25) is 5.91 Å². The predicted molar refractivity (Wildman–Crippen MR) is 74.5 cm³/mol. The maximum absolute atomic E-state index is 11.6. The minimum atomic E-state index is -0.502. The molecule has 1 unspecified atom stereocenters. The molecule has 1 aromatic rings. The van der Waals surface area contributed by atoms with E-state index in [4.69, 9.17) is 17.3 Å². The van der Waals surface area contributed by atoms with Crippen molar-refractivity contribution < 1.29 is 4.79 Å². The van der Waals surface area contributed by atoms with Crippen molar-refractivity contribution in [3.05, 3.63) is 34.9 Å². The third-order valence-electron chi connectivity index (χ3n) is 2.31. The summed E-state index contributed by atoms with van der Waals surface area (Å²) in [6.45, 7) is 0.661. The topological polar surface area (TPSA) is 55.1 Å². The maximum Gasteiger partial charge on any atom is 0.237 e. The molecular formula is C12H17ClN2OS. The molecule has 0 aliphatic heterocycles. The van der Waals surface area contributed by atoms with Crippen molar-refractivity contribution in [2.75, 3.05) is 18.6 Å². The van der Waals surface area contributed by atoms with E-state index in [2.05, 4.69) is 5.32 Å². The molecule has 3 nitrogen and oxygen atoms in total. The van der Waals surface area contributed by atoms with E-state index < -0.39 is 6.04 Å². The zero-order chi connectivity index (χ0) is 12.7. The molecule has 0 heterocycles. The average molecular weight is 273 g/mol. The molecule has 94 valence electrons. The van der Waals surface area contributed by atoms with Gasteiger partial charge in [0.15, 0.2) is 0 Å². The maximum atomic E-state index is 11.6. The number of carbonyl (C=O) groups is 1. The summed E-state index contributed by atoms with van der Waals surface area (Å²) in [5.74, 6) is 0.799. The highest BCUT2D eigenvalue weighted by molar-refractivity contribution is 7.98. The van der Waals surface area contributed by atoms with Crippen molar-refractivity contribution in [2.45, 2.75) is 12.5 Å². The van der Waals surface area contributed by atoms with Gasteiger partial charge in [0.05, 0.1) is 6.04 Å². The van der Waals surface area contributed by atoms with Crippen molar-refractivity contribution >= 4 is 29.3 Å². The molecule has 0 fully saturated rings. The molecule has 1 atom stereocenters. The van der Waals surface area contributed by atoms with E-state index in [9.17, 15) is 4.79 Å². The summed E-state index contributed by atoms with van der Waals surface area (Å²) in [6, 6.07) is 6.87. The number of nitrogens with two attached hydrogens (primary N) is 1. The highest BCUT2D eigenvalue weighted by Crippen LogP contribution is 2.10. The number of hydrogen-bond donors (Lipinski definition) is 2. The highest BCUT2D eigenvalue weighted by atomic mass is 35.5. The van der Waals surface area contributed by atoms with Crippen LogP contribution in [0, 0.1) is 0 Å². The molecule has 0 radical (unpaired) electrons. The molecule has 0 saturated carbocycles. The average Bonchev–Trinajstić information content (AvgIpc) is 2.32. The van der Waals surface area contributed by atoms with Gasteiger partial charge >= 0.3 is 0 Å². The third kappa shape index (κ3) is 5.44. The van der Waals surface area contributed by atoms with Gasteiger partial charge in [0, 0.05) is 17.3 Å². The van der Waals surface area contributed by atoms with Gasteiger partial charge in [-0.05, 0) is 30.4 Å². The molecule has 1 amide bonds. The number of benzene rings is 1. The van der Waals surface area contributed by atoms with Gasteiger partial charge < -0.3 is 11.1 Å². The van der Waals surface area contributed by atoms with Crippen LogP contribution in [0.15, 0.2) is 24.3 Å². The van der Waals surface area contributed by atoms with Crippen molar-refractivity contribution in [1.29, 1.82) is 0 Å². The SMILES string of the molecule is CSCCNC(=O)C(N)Cc1ccc(Cl)cc1. The quantitative estimate of drug-likeness (QED) is 0.775. The Hall–Kier alpha value is -0.710.